The SMILES string of the molecule is c1ccc(-c2nc(-c3ccc(-c4cccc(-c5cccc(-c6nc(-c7ccccc7)c7oc8ccccc8c7n6)c5)c4)cc3)nc3c2oc2ccccc23)cc1. The van der Waals surface area contributed by atoms with Gasteiger partial charge in [0.1, 0.15) is 33.6 Å². The molecule has 0 N–H and O–H groups in total. The smallest absolute Gasteiger partial charge is 0.180 e. The molecule has 0 spiro atoms. The van der Waals surface area contributed by atoms with Crippen LogP contribution in [0.3, 0.4) is 0 Å². The Bertz CT molecular complexity index is 3240. The van der Waals surface area contributed by atoms with Gasteiger partial charge in [-0.15, -0.1) is 0 Å². The number of furan rings is 2. The van der Waals surface area contributed by atoms with Crippen LogP contribution >= 0.6 is 0 Å². The van der Waals surface area contributed by atoms with Gasteiger partial charge >= 0.3 is 0 Å². The molecule has 0 aliphatic heterocycles. The van der Waals surface area contributed by atoms with Crippen LogP contribution in [-0.2, 0) is 0 Å². The first-order valence-corrected chi connectivity index (χ1v) is 18.5. The lowest BCUT2D eigenvalue weighted by molar-refractivity contribution is 0.667. The van der Waals surface area contributed by atoms with Gasteiger partial charge in [-0.1, -0.05) is 146 Å². The number of hydrogen-bond donors (Lipinski definition) is 0. The van der Waals surface area contributed by atoms with Gasteiger partial charge in [0.25, 0.3) is 0 Å². The molecule has 11 aromatic rings. The lowest BCUT2D eigenvalue weighted by atomic mass is 9.97. The molecular formula is C50H30N4O2. The molecule has 0 amide bonds. The second-order valence-electron chi connectivity index (χ2n) is 13.8. The standard InChI is InChI=1S/C50H30N4O2/c1-3-13-32(14-4-1)43-47-45(39-21-7-9-23-41(39)55-47)53-49(51-43)34-27-25-31(26-28-34)35-17-11-18-36(29-35)37-19-12-20-38(30-37)50-52-44(33-15-5-2-6-16-33)48-46(54-50)40-22-8-10-24-42(40)56-48/h1-30H. The summed E-state index contributed by atoms with van der Waals surface area (Å²) in [5.74, 6) is 1.30. The van der Waals surface area contributed by atoms with Gasteiger partial charge in [-0.3, -0.25) is 0 Å². The van der Waals surface area contributed by atoms with Crippen molar-refractivity contribution in [1.29, 1.82) is 0 Å². The maximum Gasteiger partial charge on any atom is 0.180 e. The van der Waals surface area contributed by atoms with Crippen molar-refractivity contribution >= 4 is 44.1 Å². The van der Waals surface area contributed by atoms with E-state index in [1.54, 1.807) is 0 Å². The maximum atomic E-state index is 6.33. The van der Waals surface area contributed by atoms with Crippen molar-refractivity contribution in [2.75, 3.05) is 0 Å². The fourth-order valence-corrected chi connectivity index (χ4v) is 7.55. The van der Waals surface area contributed by atoms with Gasteiger partial charge in [-0.05, 0) is 58.7 Å². The third-order valence-electron chi connectivity index (χ3n) is 10.3. The topological polar surface area (TPSA) is 77.8 Å². The summed E-state index contributed by atoms with van der Waals surface area (Å²) < 4.78 is 12.6. The van der Waals surface area contributed by atoms with E-state index in [1.807, 2.05) is 78.9 Å². The number of benzene rings is 7. The van der Waals surface area contributed by atoms with E-state index in [2.05, 4.69) is 103 Å². The molecule has 6 heteroatoms. The van der Waals surface area contributed by atoms with Crippen LogP contribution in [0.1, 0.15) is 0 Å². The molecule has 11 rings (SSSR count). The lowest BCUT2D eigenvalue weighted by Gasteiger charge is -2.10. The average molecular weight is 719 g/mol. The van der Waals surface area contributed by atoms with Crippen molar-refractivity contribution in [2.45, 2.75) is 0 Å². The van der Waals surface area contributed by atoms with Crippen LogP contribution in [0.15, 0.2) is 191 Å². The molecule has 262 valence electrons. The van der Waals surface area contributed by atoms with Crippen molar-refractivity contribution in [1.82, 2.24) is 19.9 Å². The first-order valence-electron chi connectivity index (χ1n) is 18.5. The van der Waals surface area contributed by atoms with Crippen LogP contribution in [0.5, 0.6) is 0 Å². The van der Waals surface area contributed by atoms with Crippen LogP contribution in [-0.4, -0.2) is 19.9 Å². The Morgan fingerprint density at radius 2 is 0.679 bits per heavy atom. The maximum absolute atomic E-state index is 6.33. The number of fused-ring (bicyclic) bond motifs is 6. The second kappa shape index (κ2) is 13.0. The van der Waals surface area contributed by atoms with Gasteiger partial charge in [-0.2, -0.15) is 0 Å². The minimum absolute atomic E-state index is 0.649. The number of para-hydroxylation sites is 2. The molecule has 4 heterocycles. The number of aromatic nitrogens is 4. The van der Waals surface area contributed by atoms with E-state index in [1.165, 1.54) is 0 Å². The lowest BCUT2D eigenvalue weighted by Crippen LogP contribution is -1.94. The number of hydrogen-bond acceptors (Lipinski definition) is 6. The Labute approximate surface area is 321 Å². The minimum Gasteiger partial charge on any atom is -0.452 e. The minimum atomic E-state index is 0.649. The zero-order chi connectivity index (χ0) is 37.0. The molecule has 0 aliphatic carbocycles. The van der Waals surface area contributed by atoms with E-state index < -0.39 is 0 Å². The van der Waals surface area contributed by atoms with Gasteiger partial charge in [0.15, 0.2) is 22.8 Å². The summed E-state index contributed by atoms with van der Waals surface area (Å²) in [6, 6.07) is 61.8. The van der Waals surface area contributed by atoms with Gasteiger partial charge in [0.2, 0.25) is 0 Å². The van der Waals surface area contributed by atoms with Gasteiger partial charge < -0.3 is 8.83 Å². The zero-order valence-electron chi connectivity index (χ0n) is 29.9. The molecule has 7 aromatic carbocycles. The summed E-state index contributed by atoms with van der Waals surface area (Å²) in [6.07, 6.45) is 0. The summed E-state index contributed by atoms with van der Waals surface area (Å²) in [6.45, 7) is 0. The van der Waals surface area contributed by atoms with Gasteiger partial charge in [-0.25, -0.2) is 19.9 Å². The largest absolute Gasteiger partial charge is 0.452 e. The van der Waals surface area contributed by atoms with Crippen molar-refractivity contribution in [3.8, 4) is 67.5 Å². The monoisotopic (exact) mass is 718 g/mol. The molecule has 0 unspecified atom stereocenters. The molecule has 0 atom stereocenters. The van der Waals surface area contributed by atoms with Gasteiger partial charge in [0, 0.05) is 33.0 Å². The first kappa shape index (κ1) is 31.8. The molecule has 0 aliphatic rings. The number of nitrogens with zero attached hydrogens (tertiary/aromatic N) is 4. The third-order valence-corrected chi connectivity index (χ3v) is 10.3. The Kier molecular flexibility index (Phi) is 7.38. The summed E-state index contributed by atoms with van der Waals surface area (Å²) in [7, 11) is 0. The zero-order valence-corrected chi connectivity index (χ0v) is 29.9. The summed E-state index contributed by atoms with van der Waals surface area (Å²) in [4.78, 5) is 20.3. The van der Waals surface area contributed by atoms with E-state index in [0.717, 1.165) is 88.9 Å². The summed E-state index contributed by atoms with van der Waals surface area (Å²) >= 11 is 0. The van der Waals surface area contributed by atoms with Crippen LogP contribution in [0, 0.1) is 0 Å². The quantitative estimate of drug-likeness (QED) is 0.170. The molecule has 0 saturated heterocycles. The van der Waals surface area contributed by atoms with Gasteiger partial charge in [0.05, 0.1) is 0 Å². The van der Waals surface area contributed by atoms with Crippen LogP contribution in [0.2, 0.25) is 0 Å². The van der Waals surface area contributed by atoms with Crippen LogP contribution < -0.4 is 0 Å². The Morgan fingerprint density at radius 1 is 0.286 bits per heavy atom. The van der Waals surface area contributed by atoms with E-state index >= 15 is 0 Å². The van der Waals surface area contributed by atoms with E-state index in [0.29, 0.717) is 22.8 Å². The van der Waals surface area contributed by atoms with Crippen molar-refractivity contribution in [3.63, 3.8) is 0 Å². The molecule has 4 aromatic heterocycles. The predicted octanol–water partition coefficient (Wildman–Crippen LogP) is 13.1. The first-order chi connectivity index (χ1) is 27.7. The fourth-order valence-electron chi connectivity index (χ4n) is 7.55. The molecule has 6 nitrogen and oxygen atoms in total. The highest BCUT2D eigenvalue weighted by Crippen LogP contribution is 2.38. The highest BCUT2D eigenvalue weighted by atomic mass is 16.3. The van der Waals surface area contributed by atoms with Crippen molar-refractivity contribution < 1.29 is 8.83 Å². The molecule has 56 heavy (non-hydrogen) atoms. The highest BCUT2D eigenvalue weighted by molar-refractivity contribution is 6.08. The van der Waals surface area contributed by atoms with Crippen molar-refractivity contribution in [2.24, 2.45) is 0 Å². The van der Waals surface area contributed by atoms with Crippen LogP contribution in [0.25, 0.3) is 112 Å². The van der Waals surface area contributed by atoms with Crippen molar-refractivity contribution in [3.05, 3.63) is 182 Å². The predicted molar refractivity (Wildman–Crippen MR) is 225 cm³/mol. The number of rotatable bonds is 6. The second-order valence-corrected chi connectivity index (χ2v) is 13.8. The Morgan fingerprint density at radius 3 is 1.21 bits per heavy atom. The van der Waals surface area contributed by atoms with E-state index in [9.17, 15) is 0 Å². The Hall–Kier alpha value is -7.70. The molecule has 0 saturated carbocycles. The molecule has 0 fully saturated rings. The summed E-state index contributed by atoms with van der Waals surface area (Å²) in [5, 5.41) is 1.94. The molecule has 0 bridgehead atoms. The molecule has 0 radical (unpaired) electrons. The Balaban J connectivity index is 0.954. The average Bonchev–Trinajstić information content (AvgIpc) is 3.85. The summed E-state index contributed by atoms with van der Waals surface area (Å²) in [5.41, 5.74) is 14.3. The normalized spacial score (nSPS) is 11.6. The fraction of sp³-hybridized carbons (Fsp3) is 0. The third kappa shape index (κ3) is 5.43. The highest BCUT2D eigenvalue weighted by Gasteiger charge is 2.20. The van der Waals surface area contributed by atoms with E-state index in [4.69, 9.17) is 28.8 Å². The van der Waals surface area contributed by atoms with Crippen LogP contribution in [0.4, 0.5) is 0 Å². The van der Waals surface area contributed by atoms with E-state index in [-0.39, 0.29) is 0 Å². The molecular weight excluding hydrogens is 689 g/mol.